The number of carbonyl (C=O) groups excluding carboxylic acids is 1. The van der Waals surface area contributed by atoms with Crippen LogP contribution in [-0.2, 0) is 11.3 Å². The first-order valence-corrected chi connectivity index (χ1v) is 10.4. The van der Waals surface area contributed by atoms with E-state index < -0.39 is 6.09 Å². The van der Waals surface area contributed by atoms with Gasteiger partial charge in [-0.2, -0.15) is 4.99 Å². The van der Waals surface area contributed by atoms with Crippen molar-refractivity contribution in [2.75, 3.05) is 6.61 Å². The SMILES string of the molecule is CCOC(=O)NCc1cccc(-c2csc(/N=C(\N)NC3CCCCC3)n2)n1. The van der Waals surface area contributed by atoms with Gasteiger partial charge >= 0.3 is 6.09 Å². The van der Waals surface area contributed by atoms with Crippen molar-refractivity contribution in [3.8, 4) is 11.4 Å². The third-order valence-corrected chi connectivity index (χ3v) is 5.16. The Labute approximate surface area is 168 Å². The molecule has 2 aromatic heterocycles. The predicted octanol–water partition coefficient (Wildman–Crippen LogP) is 3.32. The Bertz CT molecular complexity index is 816. The number of hydrogen-bond donors (Lipinski definition) is 3. The molecule has 1 aliphatic carbocycles. The number of hydrogen-bond acceptors (Lipinski definition) is 6. The Hall–Kier alpha value is -2.68. The van der Waals surface area contributed by atoms with E-state index in [9.17, 15) is 4.79 Å². The maximum Gasteiger partial charge on any atom is 0.407 e. The van der Waals surface area contributed by atoms with Gasteiger partial charge in [0.25, 0.3) is 0 Å². The summed E-state index contributed by atoms with van der Waals surface area (Å²) in [5, 5.41) is 8.44. The lowest BCUT2D eigenvalue weighted by Gasteiger charge is -2.22. The molecule has 0 radical (unpaired) electrons. The molecular formula is C19H26N6O2S. The monoisotopic (exact) mass is 402 g/mol. The zero-order valence-electron chi connectivity index (χ0n) is 16.0. The summed E-state index contributed by atoms with van der Waals surface area (Å²) in [6, 6.07) is 6.00. The Balaban J connectivity index is 1.62. The van der Waals surface area contributed by atoms with Crippen molar-refractivity contribution in [3.63, 3.8) is 0 Å². The van der Waals surface area contributed by atoms with Crippen LogP contribution < -0.4 is 16.4 Å². The number of nitrogens with zero attached hydrogens (tertiary/aromatic N) is 3. The van der Waals surface area contributed by atoms with Crippen LogP contribution in [0.5, 0.6) is 0 Å². The summed E-state index contributed by atoms with van der Waals surface area (Å²) < 4.78 is 4.85. The van der Waals surface area contributed by atoms with E-state index in [4.69, 9.17) is 10.5 Å². The highest BCUT2D eigenvalue weighted by atomic mass is 32.1. The van der Waals surface area contributed by atoms with Crippen molar-refractivity contribution in [1.29, 1.82) is 0 Å². The van der Waals surface area contributed by atoms with Crippen molar-refractivity contribution in [3.05, 3.63) is 29.3 Å². The van der Waals surface area contributed by atoms with E-state index >= 15 is 0 Å². The molecule has 0 aliphatic heterocycles. The Morgan fingerprint density at radius 1 is 1.29 bits per heavy atom. The van der Waals surface area contributed by atoms with Gasteiger partial charge in [0.2, 0.25) is 5.13 Å². The average Bonchev–Trinajstić information content (AvgIpc) is 3.16. The molecule has 9 heteroatoms. The predicted molar refractivity (Wildman–Crippen MR) is 110 cm³/mol. The van der Waals surface area contributed by atoms with E-state index in [-0.39, 0.29) is 0 Å². The standard InChI is InChI=1S/C19H26N6O2S/c1-2-27-19(26)21-11-14-9-6-10-15(22-14)16-12-28-18(24-16)25-17(20)23-13-7-4-3-5-8-13/h6,9-10,12-13H,2-5,7-8,11H2,1H3,(H,21,26)(H3,20,23,24,25). The van der Waals surface area contributed by atoms with E-state index in [0.717, 1.165) is 29.9 Å². The van der Waals surface area contributed by atoms with Gasteiger partial charge in [-0.3, -0.25) is 0 Å². The van der Waals surface area contributed by atoms with Gasteiger partial charge in [0.1, 0.15) is 5.69 Å². The second-order valence-electron chi connectivity index (χ2n) is 6.58. The molecule has 4 N–H and O–H groups in total. The molecule has 1 saturated carbocycles. The van der Waals surface area contributed by atoms with Crippen molar-refractivity contribution in [1.82, 2.24) is 20.6 Å². The number of nitrogens with two attached hydrogens (primary N) is 1. The van der Waals surface area contributed by atoms with Crippen LogP contribution in [0.15, 0.2) is 28.6 Å². The maximum absolute atomic E-state index is 11.4. The maximum atomic E-state index is 11.4. The summed E-state index contributed by atoms with van der Waals surface area (Å²) in [6.45, 7) is 2.39. The fourth-order valence-corrected chi connectivity index (χ4v) is 3.78. The summed E-state index contributed by atoms with van der Waals surface area (Å²) in [6.07, 6.45) is 5.58. The van der Waals surface area contributed by atoms with Crippen LogP contribution in [0.25, 0.3) is 11.4 Å². The minimum absolute atomic E-state index is 0.292. The average molecular weight is 403 g/mol. The molecule has 0 saturated heterocycles. The first-order valence-electron chi connectivity index (χ1n) is 9.57. The zero-order chi connectivity index (χ0) is 19.8. The van der Waals surface area contributed by atoms with Gasteiger partial charge in [-0.1, -0.05) is 25.3 Å². The topological polar surface area (TPSA) is 115 Å². The van der Waals surface area contributed by atoms with Gasteiger partial charge in [-0.05, 0) is 31.9 Å². The number of aliphatic imine (C=N–C) groups is 1. The molecule has 1 amide bonds. The third kappa shape index (κ3) is 5.91. The van der Waals surface area contributed by atoms with Crippen molar-refractivity contribution in [2.24, 2.45) is 10.7 Å². The van der Waals surface area contributed by atoms with Crippen molar-refractivity contribution < 1.29 is 9.53 Å². The van der Waals surface area contributed by atoms with Gasteiger partial charge < -0.3 is 21.1 Å². The van der Waals surface area contributed by atoms with Gasteiger partial charge in [-0.25, -0.2) is 14.8 Å². The number of guanidine groups is 1. The molecule has 1 fully saturated rings. The smallest absolute Gasteiger partial charge is 0.407 e. The molecule has 0 bridgehead atoms. The molecule has 150 valence electrons. The lowest BCUT2D eigenvalue weighted by atomic mass is 9.96. The molecule has 2 heterocycles. The Kier molecular flexibility index (Phi) is 7.18. The van der Waals surface area contributed by atoms with Gasteiger partial charge in [0, 0.05) is 11.4 Å². The van der Waals surface area contributed by atoms with Crippen LogP contribution in [-0.4, -0.2) is 34.7 Å². The third-order valence-electron chi connectivity index (χ3n) is 4.42. The summed E-state index contributed by atoms with van der Waals surface area (Å²) >= 11 is 1.42. The van der Waals surface area contributed by atoms with Gasteiger partial charge in [0.15, 0.2) is 5.96 Å². The van der Waals surface area contributed by atoms with E-state index in [2.05, 4.69) is 25.6 Å². The minimum Gasteiger partial charge on any atom is -0.450 e. The van der Waals surface area contributed by atoms with Crippen LogP contribution in [0.3, 0.4) is 0 Å². The summed E-state index contributed by atoms with van der Waals surface area (Å²) in [7, 11) is 0. The number of thiazole rings is 1. The van der Waals surface area contributed by atoms with E-state index in [1.165, 1.54) is 30.6 Å². The van der Waals surface area contributed by atoms with Crippen LogP contribution >= 0.6 is 11.3 Å². The number of carbonyl (C=O) groups is 1. The lowest BCUT2D eigenvalue weighted by molar-refractivity contribution is 0.151. The Morgan fingerprint density at radius 2 is 2.11 bits per heavy atom. The number of nitrogens with one attached hydrogen (secondary N) is 2. The normalized spacial score (nSPS) is 15.2. The molecule has 0 atom stereocenters. The molecule has 0 unspecified atom stereocenters. The van der Waals surface area contributed by atoms with E-state index in [1.54, 1.807) is 6.92 Å². The number of ether oxygens (including phenoxy) is 1. The fraction of sp³-hybridized carbons (Fsp3) is 0.474. The molecule has 0 aromatic carbocycles. The molecular weight excluding hydrogens is 376 g/mol. The highest BCUT2D eigenvalue weighted by Gasteiger charge is 2.14. The molecule has 0 spiro atoms. The van der Waals surface area contributed by atoms with Crippen LogP contribution in [0, 0.1) is 0 Å². The van der Waals surface area contributed by atoms with Gasteiger partial charge in [0.05, 0.1) is 24.5 Å². The first-order chi connectivity index (χ1) is 13.6. The first kappa shape index (κ1) is 20.1. The summed E-state index contributed by atoms with van der Waals surface area (Å²) in [5.41, 5.74) is 8.21. The zero-order valence-corrected chi connectivity index (χ0v) is 16.8. The second-order valence-corrected chi connectivity index (χ2v) is 7.42. The fourth-order valence-electron chi connectivity index (χ4n) is 3.09. The van der Waals surface area contributed by atoms with E-state index in [0.29, 0.717) is 30.3 Å². The number of amides is 1. The second kappa shape index (κ2) is 10.0. The largest absolute Gasteiger partial charge is 0.450 e. The highest BCUT2D eigenvalue weighted by Crippen LogP contribution is 2.26. The van der Waals surface area contributed by atoms with Gasteiger partial charge in [-0.15, -0.1) is 11.3 Å². The summed E-state index contributed by atoms with van der Waals surface area (Å²) in [4.78, 5) is 24.9. The quantitative estimate of drug-likeness (QED) is 0.504. The molecule has 8 nitrogen and oxygen atoms in total. The molecule has 3 rings (SSSR count). The number of alkyl carbamates (subject to hydrolysis) is 1. The number of pyridine rings is 1. The van der Waals surface area contributed by atoms with Crippen molar-refractivity contribution in [2.45, 2.75) is 51.6 Å². The molecule has 1 aliphatic rings. The summed E-state index contributed by atoms with van der Waals surface area (Å²) in [5.74, 6) is 0.410. The van der Waals surface area contributed by atoms with Crippen LogP contribution in [0.2, 0.25) is 0 Å². The molecule has 2 aromatic rings. The van der Waals surface area contributed by atoms with E-state index in [1.807, 2.05) is 23.6 Å². The van der Waals surface area contributed by atoms with Crippen molar-refractivity contribution >= 4 is 28.5 Å². The number of rotatable bonds is 6. The Morgan fingerprint density at radius 3 is 2.89 bits per heavy atom. The van der Waals surface area contributed by atoms with Crippen LogP contribution in [0.1, 0.15) is 44.7 Å². The highest BCUT2D eigenvalue weighted by molar-refractivity contribution is 7.13. The molecule has 28 heavy (non-hydrogen) atoms. The van der Waals surface area contributed by atoms with Crippen LogP contribution in [0.4, 0.5) is 9.93 Å². The minimum atomic E-state index is -0.457. The lowest BCUT2D eigenvalue weighted by Crippen LogP contribution is -2.40. The number of aromatic nitrogens is 2.